The SMILES string of the molecule is C[C@H]1CCC[C@H](NC(=O)C(=O)Nc2ccc(-n3cncn3)c(F)c2)C1. The second kappa shape index (κ2) is 7.42. The largest absolute Gasteiger partial charge is 0.345 e. The van der Waals surface area contributed by atoms with E-state index in [1.807, 2.05) is 0 Å². The summed E-state index contributed by atoms with van der Waals surface area (Å²) in [6.07, 6.45) is 6.62. The minimum Gasteiger partial charge on any atom is -0.345 e. The van der Waals surface area contributed by atoms with Crippen LogP contribution in [0.3, 0.4) is 0 Å². The van der Waals surface area contributed by atoms with Gasteiger partial charge in [-0.15, -0.1) is 0 Å². The average molecular weight is 345 g/mol. The number of nitrogens with one attached hydrogen (secondary N) is 2. The number of anilines is 1. The minimum absolute atomic E-state index is 0.0217. The predicted molar refractivity (Wildman–Crippen MR) is 89.5 cm³/mol. The van der Waals surface area contributed by atoms with Gasteiger partial charge in [0, 0.05) is 11.7 Å². The van der Waals surface area contributed by atoms with Crippen molar-refractivity contribution in [1.82, 2.24) is 20.1 Å². The zero-order valence-electron chi connectivity index (χ0n) is 13.9. The monoisotopic (exact) mass is 345 g/mol. The number of nitrogens with zero attached hydrogens (tertiary/aromatic N) is 3. The molecule has 1 aliphatic rings. The maximum Gasteiger partial charge on any atom is 0.313 e. The highest BCUT2D eigenvalue weighted by molar-refractivity contribution is 6.39. The van der Waals surface area contributed by atoms with Gasteiger partial charge >= 0.3 is 11.8 Å². The molecule has 1 heterocycles. The molecule has 0 unspecified atom stereocenters. The topological polar surface area (TPSA) is 88.9 Å². The molecule has 0 spiro atoms. The zero-order valence-corrected chi connectivity index (χ0v) is 13.9. The number of carbonyl (C=O) groups is 2. The van der Waals surface area contributed by atoms with Crippen LogP contribution in [-0.4, -0.2) is 32.6 Å². The molecule has 1 aromatic carbocycles. The van der Waals surface area contributed by atoms with Crippen LogP contribution in [0.1, 0.15) is 32.6 Å². The number of benzene rings is 1. The lowest BCUT2D eigenvalue weighted by Gasteiger charge is -2.27. The number of aromatic nitrogens is 3. The molecule has 25 heavy (non-hydrogen) atoms. The third kappa shape index (κ3) is 4.20. The third-order valence-corrected chi connectivity index (χ3v) is 4.35. The standard InChI is InChI=1S/C17H20FN5O2/c1-11-3-2-4-12(7-11)21-16(24)17(25)22-13-5-6-15(14(18)8-13)23-10-19-9-20-23/h5-6,8-12H,2-4,7H2,1H3,(H,21,24)(H,22,25)/t11-,12-/m0/s1. The average Bonchev–Trinajstić information content (AvgIpc) is 3.09. The molecule has 1 aromatic heterocycles. The number of halogens is 1. The van der Waals surface area contributed by atoms with E-state index in [4.69, 9.17) is 0 Å². The smallest absolute Gasteiger partial charge is 0.313 e. The molecule has 2 aromatic rings. The van der Waals surface area contributed by atoms with Gasteiger partial charge in [0.25, 0.3) is 0 Å². The van der Waals surface area contributed by atoms with Gasteiger partial charge in [0.15, 0.2) is 5.82 Å². The molecular formula is C17H20FN5O2. The molecule has 0 saturated heterocycles. The zero-order chi connectivity index (χ0) is 17.8. The van der Waals surface area contributed by atoms with Gasteiger partial charge in [0.1, 0.15) is 18.3 Å². The maximum atomic E-state index is 14.1. The van der Waals surface area contributed by atoms with Crippen LogP contribution in [0.15, 0.2) is 30.9 Å². The van der Waals surface area contributed by atoms with Crippen molar-refractivity contribution >= 4 is 17.5 Å². The number of rotatable bonds is 3. The molecule has 2 N–H and O–H groups in total. The molecule has 1 aliphatic carbocycles. The van der Waals surface area contributed by atoms with Crippen molar-refractivity contribution in [3.05, 3.63) is 36.7 Å². The van der Waals surface area contributed by atoms with Crippen molar-refractivity contribution in [2.75, 3.05) is 5.32 Å². The first-order chi connectivity index (χ1) is 12.0. The van der Waals surface area contributed by atoms with Crippen molar-refractivity contribution < 1.29 is 14.0 Å². The first-order valence-electron chi connectivity index (χ1n) is 8.29. The summed E-state index contributed by atoms with van der Waals surface area (Å²) in [5, 5.41) is 9.02. The first kappa shape index (κ1) is 17.1. The fraction of sp³-hybridized carbons (Fsp3) is 0.412. The quantitative estimate of drug-likeness (QED) is 0.833. The highest BCUT2D eigenvalue weighted by Gasteiger charge is 2.23. The van der Waals surface area contributed by atoms with Crippen molar-refractivity contribution in [3.8, 4) is 5.69 Å². The molecule has 2 amide bonds. The van der Waals surface area contributed by atoms with E-state index in [2.05, 4.69) is 27.6 Å². The van der Waals surface area contributed by atoms with Gasteiger partial charge in [-0.25, -0.2) is 14.1 Å². The Morgan fingerprint density at radius 1 is 1.28 bits per heavy atom. The molecule has 0 radical (unpaired) electrons. The second-order valence-electron chi connectivity index (χ2n) is 6.40. The van der Waals surface area contributed by atoms with Crippen LogP contribution >= 0.6 is 0 Å². The van der Waals surface area contributed by atoms with Gasteiger partial charge in [0.2, 0.25) is 0 Å². The van der Waals surface area contributed by atoms with E-state index in [0.29, 0.717) is 5.92 Å². The third-order valence-electron chi connectivity index (χ3n) is 4.35. The van der Waals surface area contributed by atoms with E-state index in [1.54, 1.807) is 0 Å². The van der Waals surface area contributed by atoms with Crippen LogP contribution in [0.25, 0.3) is 5.69 Å². The molecule has 8 heteroatoms. The summed E-state index contributed by atoms with van der Waals surface area (Å²) in [5.74, 6) is -1.53. The fourth-order valence-corrected chi connectivity index (χ4v) is 3.11. The first-order valence-corrected chi connectivity index (χ1v) is 8.29. The summed E-state index contributed by atoms with van der Waals surface area (Å²) in [4.78, 5) is 27.8. The Labute approximate surface area is 144 Å². The molecule has 0 bridgehead atoms. The van der Waals surface area contributed by atoms with E-state index in [-0.39, 0.29) is 17.4 Å². The Morgan fingerprint density at radius 3 is 2.80 bits per heavy atom. The summed E-state index contributed by atoms with van der Waals surface area (Å²) in [6.45, 7) is 2.14. The fourth-order valence-electron chi connectivity index (χ4n) is 3.11. The lowest BCUT2D eigenvalue weighted by Crippen LogP contribution is -2.43. The molecule has 2 atom stereocenters. The van der Waals surface area contributed by atoms with Crippen LogP contribution in [0.2, 0.25) is 0 Å². The molecule has 3 rings (SSSR count). The maximum absolute atomic E-state index is 14.1. The predicted octanol–water partition coefficient (Wildman–Crippen LogP) is 2.04. The lowest BCUT2D eigenvalue weighted by atomic mass is 9.87. The molecule has 132 valence electrons. The van der Waals surface area contributed by atoms with Crippen molar-refractivity contribution in [3.63, 3.8) is 0 Å². The van der Waals surface area contributed by atoms with Crippen molar-refractivity contribution in [1.29, 1.82) is 0 Å². The van der Waals surface area contributed by atoms with Crippen LogP contribution in [-0.2, 0) is 9.59 Å². The number of carbonyl (C=O) groups excluding carboxylic acids is 2. The Bertz CT molecular complexity index is 762. The van der Waals surface area contributed by atoms with Gasteiger partial charge < -0.3 is 10.6 Å². The Balaban J connectivity index is 1.60. The highest BCUT2D eigenvalue weighted by atomic mass is 19.1. The summed E-state index contributed by atoms with van der Waals surface area (Å²) < 4.78 is 15.4. The van der Waals surface area contributed by atoms with Crippen molar-refractivity contribution in [2.45, 2.75) is 38.6 Å². The summed E-state index contributed by atoms with van der Waals surface area (Å²) in [6, 6.07) is 4.13. The van der Waals surface area contributed by atoms with E-state index in [1.165, 1.54) is 29.5 Å². The summed E-state index contributed by atoms with van der Waals surface area (Å²) in [7, 11) is 0. The highest BCUT2D eigenvalue weighted by Crippen LogP contribution is 2.23. The van der Waals surface area contributed by atoms with Gasteiger partial charge in [-0.3, -0.25) is 9.59 Å². The van der Waals surface area contributed by atoms with Crippen LogP contribution in [0.5, 0.6) is 0 Å². The Morgan fingerprint density at radius 2 is 2.12 bits per heavy atom. The van der Waals surface area contributed by atoms with E-state index in [9.17, 15) is 14.0 Å². The molecule has 1 saturated carbocycles. The van der Waals surface area contributed by atoms with Crippen LogP contribution in [0.4, 0.5) is 10.1 Å². The van der Waals surface area contributed by atoms with Gasteiger partial charge in [-0.1, -0.05) is 19.8 Å². The van der Waals surface area contributed by atoms with Gasteiger partial charge in [-0.2, -0.15) is 5.10 Å². The molecule has 0 aliphatic heterocycles. The van der Waals surface area contributed by atoms with E-state index >= 15 is 0 Å². The molecule has 1 fully saturated rings. The van der Waals surface area contributed by atoms with Gasteiger partial charge in [-0.05, 0) is 37.0 Å². The van der Waals surface area contributed by atoms with Crippen molar-refractivity contribution in [2.24, 2.45) is 5.92 Å². The van der Waals surface area contributed by atoms with Gasteiger partial charge in [0.05, 0.1) is 0 Å². The van der Waals surface area contributed by atoms with Crippen LogP contribution < -0.4 is 10.6 Å². The van der Waals surface area contributed by atoms with E-state index in [0.717, 1.165) is 31.7 Å². The Hall–Kier alpha value is -2.77. The molecular weight excluding hydrogens is 325 g/mol. The second-order valence-corrected chi connectivity index (χ2v) is 6.40. The summed E-state index contributed by atoms with van der Waals surface area (Å²) >= 11 is 0. The van der Waals surface area contributed by atoms with E-state index < -0.39 is 17.6 Å². The van der Waals surface area contributed by atoms with Crippen LogP contribution in [0, 0.1) is 11.7 Å². The number of hydrogen-bond donors (Lipinski definition) is 2. The molecule has 7 nitrogen and oxygen atoms in total. The Kier molecular flexibility index (Phi) is 5.06. The lowest BCUT2D eigenvalue weighted by molar-refractivity contribution is -0.136. The summed E-state index contributed by atoms with van der Waals surface area (Å²) in [5.41, 5.74) is 0.412. The number of hydrogen-bond acceptors (Lipinski definition) is 4. The minimum atomic E-state index is -0.800. The number of amides is 2. The normalized spacial score (nSPS) is 20.1.